The SMILES string of the molecule is N#Cc1ccc2nccc(Nc3ccc(-c4nc5ccc(Br)cc5o4)cc3)c2c1. The lowest BCUT2D eigenvalue weighted by Crippen LogP contribution is -1.93. The fraction of sp³-hybridized carbons (Fsp3) is 0. The van der Waals surface area contributed by atoms with E-state index >= 15 is 0 Å². The fourth-order valence-corrected chi connectivity index (χ4v) is 3.54. The van der Waals surface area contributed by atoms with Gasteiger partial charge in [0.2, 0.25) is 5.89 Å². The molecule has 29 heavy (non-hydrogen) atoms. The summed E-state index contributed by atoms with van der Waals surface area (Å²) in [6.07, 6.45) is 1.75. The molecule has 0 atom stereocenters. The number of nitrogens with one attached hydrogen (secondary N) is 1. The molecule has 0 saturated heterocycles. The Bertz CT molecular complexity index is 1400. The number of benzene rings is 3. The summed E-state index contributed by atoms with van der Waals surface area (Å²) in [5.41, 5.74) is 5.72. The number of halogens is 1. The first-order valence-electron chi connectivity index (χ1n) is 8.92. The molecule has 0 aliphatic carbocycles. The number of hydrogen-bond acceptors (Lipinski definition) is 5. The van der Waals surface area contributed by atoms with Crippen LogP contribution in [0.4, 0.5) is 11.4 Å². The number of pyridine rings is 1. The van der Waals surface area contributed by atoms with Gasteiger partial charge in [0.05, 0.1) is 17.1 Å². The zero-order chi connectivity index (χ0) is 19.8. The van der Waals surface area contributed by atoms with Crippen molar-refractivity contribution in [1.29, 1.82) is 5.26 Å². The molecule has 0 fully saturated rings. The molecule has 2 heterocycles. The maximum Gasteiger partial charge on any atom is 0.227 e. The first kappa shape index (κ1) is 17.4. The van der Waals surface area contributed by atoms with Crippen LogP contribution in [0, 0.1) is 11.3 Å². The summed E-state index contributed by atoms with van der Waals surface area (Å²) in [5.74, 6) is 0.581. The summed E-state index contributed by atoms with van der Waals surface area (Å²) in [6.45, 7) is 0. The number of nitriles is 1. The van der Waals surface area contributed by atoms with Gasteiger partial charge in [-0.2, -0.15) is 5.26 Å². The van der Waals surface area contributed by atoms with Gasteiger partial charge in [-0.05, 0) is 66.7 Å². The second-order valence-corrected chi connectivity index (χ2v) is 7.45. The maximum absolute atomic E-state index is 9.18. The van der Waals surface area contributed by atoms with E-state index < -0.39 is 0 Å². The van der Waals surface area contributed by atoms with Gasteiger partial charge < -0.3 is 9.73 Å². The summed E-state index contributed by atoms with van der Waals surface area (Å²) < 4.78 is 6.83. The molecule has 0 spiro atoms. The number of hydrogen-bond donors (Lipinski definition) is 1. The number of aromatic nitrogens is 2. The lowest BCUT2D eigenvalue weighted by molar-refractivity contribution is 0.619. The quantitative estimate of drug-likeness (QED) is 0.350. The summed E-state index contributed by atoms with van der Waals surface area (Å²) in [5, 5.41) is 13.5. The van der Waals surface area contributed by atoms with Crippen molar-refractivity contribution in [2.45, 2.75) is 0 Å². The first-order chi connectivity index (χ1) is 14.2. The molecular formula is C23H13BrN4O. The predicted molar refractivity (Wildman–Crippen MR) is 117 cm³/mol. The van der Waals surface area contributed by atoms with Gasteiger partial charge in [0.25, 0.3) is 0 Å². The number of oxazole rings is 1. The standard InChI is InChI=1S/C23H13BrN4O/c24-16-4-8-21-22(12-16)29-23(28-21)15-2-5-17(6-3-15)27-20-9-10-26-19-7-1-14(13-25)11-18(19)20/h1-12H,(H,26,27). The maximum atomic E-state index is 9.18. The Morgan fingerprint density at radius 3 is 2.59 bits per heavy atom. The van der Waals surface area contributed by atoms with Gasteiger partial charge in [-0.25, -0.2) is 4.98 Å². The van der Waals surface area contributed by atoms with Crippen molar-refractivity contribution in [2.75, 3.05) is 5.32 Å². The Morgan fingerprint density at radius 1 is 0.931 bits per heavy atom. The molecule has 0 bridgehead atoms. The highest BCUT2D eigenvalue weighted by Gasteiger charge is 2.09. The molecule has 0 amide bonds. The van der Waals surface area contributed by atoms with Gasteiger partial charge in [0, 0.05) is 33.0 Å². The molecule has 0 aliphatic heterocycles. The molecule has 0 unspecified atom stereocenters. The van der Waals surface area contributed by atoms with E-state index in [1.54, 1.807) is 12.3 Å². The average Bonchev–Trinajstić information content (AvgIpc) is 3.17. The second kappa shape index (κ2) is 7.04. The van der Waals surface area contributed by atoms with Crippen LogP contribution in [0.15, 0.2) is 81.8 Å². The van der Waals surface area contributed by atoms with Gasteiger partial charge in [-0.15, -0.1) is 0 Å². The summed E-state index contributed by atoms with van der Waals surface area (Å²) in [6, 6.07) is 23.2. The molecular weight excluding hydrogens is 428 g/mol. The molecule has 3 aromatic carbocycles. The minimum atomic E-state index is 0.581. The Hall–Kier alpha value is -3.69. The molecule has 2 aromatic heterocycles. The topological polar surface area (TPSA) is 74.7 Å². The molecule has 5 nitrogen and oxygen atoms in total. The molecule has 0 saturated carbocycles. The van der Waals surface area contributed by atoms with Crippen LogP contribution in [-0.4, -0.2) is 9.97 Å². The summed E-state index contributed by atoms with van der Waals surface area (Å²) >= 11 is 3.45. The average molecular weight is 441 g/mol. The highest BCUT2D eigenvalue weighted by atomic mass is 79.9. The Labute approximate surface area is 174 Å². The van der Waals surface area contributed by atoms with Crippen LogP contribution in [0.2, 0.25) is 0 Å². The third-order valence-electron chi connectivity index (χ3n) is 4.63. The van der Waals surface area contributed by atoms with Crippen molar-refractivity contribution < 1.29 is 4.42 Å². The molecule has 6 heteroatoms. The number of anilines is 2. The van der Waals surface area contributed by atoms with Gasteiger partial charge >= 0.3 is 0 Å². The van der Waals surface area contributed by atoms with Crippen LogP contribution in [0.25, 0.3) is 33.5 Å². The highest BCUT2D eigenvalue weighted by Crippen LogP contribution is 2.29. The van der Waals surface area contributed by atoms with Crippen LogP contribution >= 0.6 is 15.9 Å². The van der Waals surface area contributed by atoms with Gasteiger partial charge in [0.1, 0.15) is 5.52 Å². The van der Waals surface area contributed by atoms with E-state index in [4.69, 9.17) is 4.42 Å². The fourth-order valence-electron chi connectivity index (χ4n) is 3.20. The zero-order valence-corrected chi connectivity index (χ0v) is 16.6. The van der Waals surface area contributed by atoms with E-state index in [2.05, 4.69) is 37.3 Å². The van der Waals surface area contributed by atoms with Crippen LogP contribution in [0.3, 0.4) is 0 Å². The largest absolute Gasteiger partial charge is 0.436 e. The Morgan fingerprint density at radius 2 is 1.76 bits per heavy atom. The van der Waals surface area contributed by atoms with Gasteiger partial charge in [-0.1, -0.05) is 15.9 Å². The summed E-state index contributed by atoms with van der Waals surface area (Å²) in [7, 11) is 0. The van der Waals surface area contributed by atoms with Crippen molar-refractivity contribution in [3.8, 4) is 17.5 Å². The zero-order valence-electron chi connectivity index (χ0n) is 15.1. The minimum absolute atomic E-state index is 0.581. The van der Waals surface area contributed by atoms with Crippen LogP contribution in [0.5, 0.6) is 0 Å². The van der Waals surface area contributed by atoms with E-state index in [0.29, 0.717) is 11.5 Å². The van der Waals surface area contributed by atoms with Crippen LogP contribution < -0.4 is 5.32 Å². The number of rotatable bonds is 3. The normalized spacial score (nSPS) is 10.9. The number of nitrogens with zero attached hydrogens (tertiary/aromatic N) is 3. The van der Waals surface area contributed by atoms with Crippen molar-refractivity contribution in [3.05, 3.63) is 83.0 Å². The third kappa shape index (κ3) is 3.33. The van der Waals surface area contributed by atoms with E-state index in [0.717, 1.165) is 43.4 Å². The first-order valence-corrected chi connectivity index (χ1v) is 9.71. The van der Waals surface area contributed by atoms with E-state index in [9.17, 15) is 5.26 Å². The lowest BCUT2D eigenvalue weighted by Gasteiger charge is -2.10. The molecule has 0 radical (unpaired) electrons. The second-order valence-electron chi connectivity index (χ2n) is 6.54. The summed E-state index contributed by atoms with van der Waals surface area (Å²) in [4.78, 5) is 8.92. The van der Waals surface area contributed by atoms with Crippen molar-refractivity contribution in [2.24, 2.45) is 0 Å². The number of fused-ring (bicyclic) bond motifs is 2. The van der Waals surface area contributed by atoms with Crippen molar-refractivity contribution >= 4 is 49.3 Å². The van der Waals surface area contributed by atoms with E-state index in [1.165, 1.54) is 0 Å². The van der Waals surface area contributed by atoms with E-state index in [-0.39, 0.29) is 0 Å². The van der Waals surface area contributed by atoms with Crippen LogP contribution in [-0.2, 0) is 0 Å². The monoisotopic (exact) mass is 440 g/mol. The van der Waals surface area contributed by atoms with Gasteiger partial charge in [0.15, 0.2) is 5.58 Å². The Kier molecular flexibility index (Phi) is 4.23. The smallest absolute Gasteiger partial charge is 0.227 e. The molecule has 1 N–H and O–H groups in total. The van der Waals surface area contributed by atoms with Gasteiger partial charge in [-0.3, -0.25) is 4.98 Å². The predicted octanol–water partition coefficient (Wildman–Crippen LogP) is 6.42. The minimum Gasteiger partial charge on any atom is -0.436 e. The third-order valence-corrected chi connectivity index (χ3v) is 5.13. The van der Waals surface area contributed by atoms with E-state index in [1.807, 2.05) is 60.7 Å². The lowest BCUT2D eigenvalue weighted by atomic mass is 10.1. The molecule has 0 aliphatic rings. The van der Waals surface area contributed by atoms with Crippen molar-refractivity contribution in [3.63, 3.8) is 0 Å². The molecule has 138 valence electrons. The Balaban J connectivity index is 1.46. The van der Waals surface area contributed by atoms with Crippen LogP contribution in [0.1, 0.15) is 5.56 Å². The van der Waals surface area contributed by atoms with Crippen molar-refractivity contribution in [1.82, 2.24) is 9.97 Å². The molecule has 5 aromatic rings. The highest BCUT2D eigenvalue weighted by molar-refractivity contribution is 9.10. The molecule has 5 rings (SSSR count).